The molecule has 0 unspecified atom stereocenters. The number of allylic oxidation sites excluding steroid dienone is 1. The Bertz CT molecular complexity index is 580. The molecule has 1 aromatic carbocycles. The third-order valence-corrected chi connectivity index (χ3v) is 3.96. The van der Waals surface area contributed by atoms with Gasteiger partial charge >= 0.3 is 0 Å². The van der Waals surface area contributed by atoms with E-state index in [1.165, 1.54) is 0 Å². The topological polar surface area (TPSA) is 41.1 Å². The molecule has 1 aromatic rings. The first kappa shape index (κ1) is 12.6. The van der Waals surface area contributed by atoms with Crippen LogP contribution in [0.1, 0.15) is 30.9 Å². The van der Waals surface area contributed by atoms with Crippen molar-refractivity contribution in [2.24, 2.45) is 0 Å². The molecule has 98 valence electrons. The van der Waals surface area contributed by atoms with Crippen LogP contribution in [0, 0.1) is 0 Å². The Morgan fingerprint density at radius 2 is 1.95 bits per heavy atom. The average molecular weight is 293 g/mol. The quantitative estimate of drug-likeness (QED) is 0.781. The molecule has 1 heterocycles. The van der Waals surface area contributed by atoms with Gasteiger partial charge in [0.15, 0.2) is 10.9 Å². The minimum atomic E-state index is -0.159. The molecule has 5 heteroatoms. The van der Waals surface area contributed by atoms with Crippen molar-refractivity contribution in [3.8, 4) is 0 Å². The Hall–Kier alpha value is -1.39. The van der Waals surface area contributed by atoms with Gasteiger partial charge in [0.1, 0.15) is 0 Å². The van der Waals surface area contributed by atoms with Gasteiger partial charge in [0, 0.05) is 22.7 Å². The van der Waals surface area contributed by atoms with Gasteiger partial charge in [-0.2, -0.15) is 0 Å². The third-order valence-electron chi connectivity index (χ3n) is 3.49. The van der Waals surface area contributed by atoms with Gasteiger partial charge in [0.05, 0.1) is 6.04 Å². The Kier molecular flexibility index (Phi) is 3.29. The van der Waals surface area contributed by atoms with Crippen LogP contribution in [-0.2, 0) is 4.79 Å². The van der Waals surface area contributed by atoms with Crippen molar-refractivity contribution in [1.29, 1.82) is 0 Å². The number of carbonyl (C=O) groups excluding carboxylic acids is 1. The Balaban J connectivity index is 2.05. The molecule has 2 aliphatic rings. The molecular weight excluding hydrogens is 280 g/mol. The lowest BCUT2D eigenvalue weighted by Crippen LogP contribution is -2.46. The zero-order valence-electron chi connectivity index (χ0n) is 10.2. The van der Waals surface area contributed by atoms with Crippen LogP contribution in [-0.4, -0.2) is 10.9 Å². The van der Waals surface area contributed by atoms with Gasteiger partial charge in [-0.25, -0.2) is 0 Å². The fraction of sp³-hybridized carbons (Fsp3) is 0.286. The summed E-state index contributed by atoms with van der Waals surface area (Å²) < 4.78 is 0. The summed E-state index contributed by atoms with van der Waals surface area (Å²) in [5, 5.41) is 7.56. The standard InChI is InChI=1S/C14H13ClN2OS/c15-9-6-4-8(5-7-9)13-12-10(16-14(19)17-13)2-1-3-11(12)18/h4-7,13H,1-3H2,(H2,16,17,19)/t13-/m0/s1. The van der Waals surface area contributed by atoms with Gasteiger partial charge in [-0.1, -0.05) is 23.7 Å². The van der Waals surface area contributed by atoms with Gasteiger partial charge in [0.2, 0.25) is 0 Å². The van der Waals surface area contributed by atoms with Gasteiger partial charge in [-0.05, 0) is 42.8 Å². The molecule has 0 fully saturated rings. The van der Waals surface area contributed by atoms with E-state index in [-0.39, 0.29) is 11.8 Å². The zero-order valence-corrected chi connectivity index (χ0v) is 11.8. The molecule has 0 aromatic heterocycles. The summed E-state index contributed by atoms with van der Waals surface area (Å²) in [7, 11) is 0. The largest absolute Gasteiger partial charge is 0.351 e. The van der Waals surface area contributed by atoms with Crippen molar-refractivity contribution in [3.05, 3.63) is 46.1 Å². The maximum absolute atomic E-state index is 12.2. The lowest BCUT2D eigenvalue weighted by atomic mass is 9.85. The second-order valence-electron chi connectivity index (χ2n) is 4.75. The van der Waals surface area contributed by atoms with Crippen LogP contribution in [0.4, 0.5) is 0 Å². The molecule has 0 spiro atoms. The van der Waals surface area contributed by atoms with Gasteiger partial charge in [0.25, 0.3) is 0 Å². The summed E-state index contributed by atoms with van der Waals surface area (Å²) in [5.74, 6) is 0.198. The Labute approximate surface area is 122 Å². The van der Waals surface area contributed by atoms with Crippen molar-refractivity contribution in [1.82, 2.24) is 10.6 Å². The number of ketones is 1. The molecular formula is C14H13ClN2OS. The molecule has 3 rings (SSSR count). The van der Waals surface area contributed by atoms with Crippen molar-refractivity contribution in [2.75, 3.05) is 0 Å². The number of hydrogen-bond donors (Lipinski definition) is 2. The van der Waals surface area contributed by atoms with Gasteiger partial charge < -0.3 is 10.6 Å². The minimum Gasteiger partial charge on any atom is -0.351 e. The molecule has 0 saturated heterocycles. The maximum Gasteiger partial charge on any atom is 0.171 e. The van der Waals surface area contributed by atoms with E-state index in [4.69, 9.17) is 23.8 Å². The smallest absolute Gasteiger partial charge is 0.171 e. The minimum absolute atomic E-state index is 0.159. The lowest BCUT2D eigenvalue weighted by Gasteiger charge is -2.33. The molecule has 1 atom stereocenters. The van der Waals surface area contributed by atoms with Crippen molar-refractivity contribution >= 4 is 34.7 Å². The molecule has 0 amide bonds. The molecule has 1 aliphatic carbocycles. The molecule has 3 nitrogen and oxygen atoms in total. The van der Waals surface area contributed by atoms with Crippen molar-refractivity contribution in [3.63, 3.8) is 0 Å². The molecule has 19 heavy (non-hydrogen) atoms. The Morgan fingerprint density at radius 3 is 2.68 bits per heavy atom. The molecule has 2 N–H and O–H groups in total. The van der Waals surface area contributed by atoms with E-state index in [9.17, 15) is 4.79 Å². The lowest BCUT2D eigenvalue weighted by molar-refractivity contribution is -0.116. The summed E-state index contributed by atoms with van der Waals surface area (Å²) in [6.07, 6.45) is 2.38. The third kappa shape index (κ3) is 2.38. The van der Waals surface area contributed by atoms with E-state index in [1.807, 2.05) is 24.3 Å². The van der Waals surface area contributed by atoms with Crippen LogP contribution in [0.25, 0.3) is 0 Å². The predicted octanol–water partition coefficient (Wildman–Crippen LogP) is 2.87. The zero-order chi connectivity index (χ0) is 13.4. The number of halogens is 1. The fourth-order valence-electron chi connectivity index (χ4n) is 2.61. The SMILES string of the molecule is O=C1CCCC2=C1[C@H](c1ccc(Cl)cc1)NC(=S)N2. The van der Waals surface area contributed by atoms with Gasteiger partial charge in [-0.3, -0.25) is 4.79 Å². The maximum atomic E-state index is 12.2. The van der Waals surface area contributed by atoms with Crippen LogP contribution in [0.5, 0.6) is 0 Å². The first-order valence-electron chi connectivity index (χ1n) is 6.24. The first-order valence-corrected chi connectivity index (χ1v) is 7.03. The van der Waals surface area contributed by atoms with Crippen molar-refractivity contribution < 1.29 is 4.79 Å². The normalized spacial score (nSPS) is 22.7. The van der Waals surface area contributed by atoms with E-state index in [0.29, 0.717) is 16.6 Å². The van der Waals surface area contributed by atoms with E-state index in [2.05, 4.69) is 10.6 Å². The molecule has 0 saturated carbocycles. The highest BCUT2D eigenvalue weighted by atomic mass is 35.5. The number of rotatable bonds is 1. The van der Waals surface area contributed by atoms with E-state index < -0.39 is 0 Å². The van der Waals surface area contributed by atoms with Crippen molar-refractivity contribution in [2.45, 2.75) is 25.3 Å². The second-order valence-corrected chi connectivity index (χ2v) is 5.60. The highest BCUT2D eigenvalue weighted by Gasteiger charge is 2.32. The molecule has 1 aliphatic heterocycles. The highest BCUT2D eigenvalue weighted by Crippen LogP contribution is 2.33. The first-order chi connectivity index (χ1) is 9.15. The number of nitrogens with one attached hydrogen (secondary N) is 2. The van der Waals surface area contributed by atoms with Crippen LogP contribution in [0.3, 0.4) is 0 Å². The summed E-state index contributed by atoms with van der Waals surface area (Å²) >= 11 is 11.1. The van der Waals surface area contributed by atoms with Gasteiger partial charge in [-0.15, -0.1) is 0 Å². The van der Waals surface area contributed by atoms with Crippen LogP contribution in [0.2, 0.25) is 5.02 Å². The summed E-state index contributed by atoms with van der Waals surface area (Å²) in [6.45, 7) is 0. The highest BCUT2D eigenvalue weighted by molar-refractivity contribution is 7.80. The number of carbonyl (C=O) groups is 1. The number of thiocarbonyl (C=S) groups is 1. The average Bonchev–Trinajstić information content (AvgIpc) is 2.38. The van der Waals surface area contributed by atoms with E-state index >= 15 is 0 Å². The summed E-state index contributed by atoms with van der Waals surface area (Å²) in [5.41, 5.74) is 2.80. The predicted molar refractivity (Wildman–Crippen MR) is 78.9 cm³/mol. The summed E-state index contributed by atoms with van der Waals surface area (Å²) in [6, 6.07) is 7.36. The molecule has 0 radical (unpaired) electrons. The fourth-order valence-corrected chi connectivity index (χ4v) is 2.98. The second kappa shape index (κ2) is 4.94. The molecule has 0 bridgehead atoms. The Morgan fingerprint density at radius 1 is 1.21 bits per heavy atom. The number of Topliss-reactive ketones (excluding diaryl/α,β-unsaturated/α-hetero) is 1. The number of benzene rings is 1. The van der Waals surface area contributed by atoms with E-state index in [0.717, 1.165) is 29.7 Å². The van der Waals surface area contributed by atoms with E-state index in [1.54, 1.807) is 0 Å². The van der Waals surface area contributed by atoms with Crippen LogP contribution < -0.4 is 10.6 Å². The monoisotopic (exact) mass is 292 g/mol. The number of hydrogen-bond acceptors (Lipinski definition) is 2. The summed E-state index contributed by atoms with van der Waals surface area (Å²) in [4.78, 5) is 12.2. The van der Waals surface area contributed by atoms with Crippen LogP contribution >= 0.6 is 23.8 Å². The van der Waals surface area contributed by atoms with Crippen LogP contribution in [0.15, 0.2) is 35.5 Å².